The Kier molecular flexibility index (Phi) is 3.78. The molecule has 1 aromatic carbocycles. The molecule has 23 heavy (non-hydrogen) atoms. The van der Waals surface area contributed by atoms with Gasteiger partial charge in [0.2, 0.25) is 0 Å². The summed E-state index contributed by atoms with van der Waals surface area (Å²) in [6.45, 7) is 3.00. The number of quaternary nitrogens is 1. The fourth-order valence-electron chi connectivity index (χ4n) is 2.91. The SMILES string of the molecule is C[NH+]1CCN(c2c([N+](=O)[O-])cc([N+](=O)[O-])c3cccnc23)CC1. The van der Waals surface area contributed by atoms with Crippen LogP contribution < -0.4 is 9.80 Å². The molecule has 0 amide bonds. The fourth-order valence-corrected chi connectivity index (χ4v) is 2.91. The first kappa shape index (κ1) is 15.1. The van der Waals surface area contributed by atoms with Gasteiger partial charge in [-0.25, -0.2) is 0 Å². The number of nitro benzene ring substituents is 2. The predicted octanol–water partition coefficient (Wildman–Crippen LogP) is 0.386. The Bertz CT molecular complexity index is 786. The van der Waals surface area contributed by atoms with Crippen LogP contribution in [0.15, 0.2) is 24.4 Å². The number of hydrogen-bond donors (Lipinski definition) is 1. The number of piperazine rings is 1. The molecule has 0 atom stereocenters. The van der Waals surface area contributed by atoms with Gasteiger partial charge >= 0.3 is 5.69 Å². The lowest BCUT2D eigenvalue weighted by Crippen LogP contribution is -3.12. The summed E-state index contributed by atoms with van der Waals surface area (Å²) in [5, 5.41) is 23.1. The number of pyridine rings is 1. The second kappa shape index (κ2) is 5.76. The van der Waals surface area contributed by atoms with Crippen LogP contribution in [0.25, 0.3) is 10.9 Å². The Hall–Kier alpha value is -2.81. The van der Waals surface area contributed by atoms with Gasteiger partial charge in [0.05, 0.1) is 54.5 Å². The number of nitro groups is 2. The lowest BCUT2D eigenvalue weighted by Gasteiger charge is -2.31. The van der Waals surface area contributed by atoms with Crippen LogP contribution in [0.3, 0.4) is 0 Å². The number of nitrogens with one attached hydrogen (secondary N) is 1. The average Bonchev–Trinajstić information content (AvgIpc) is 2.54. The quantitative estimate of drug-likeness (QED) is 0.648. The maximum absolute atomic E-state index is 11.5. The van der Waals surface area contributed by atoms with E-state index in [0.29, 0.717) is 29.7 Å². The fraction of sp³-hybridized carbons (Fsp3) is 0.357. The van der Waals surface area contributed by atoms with Gasteiger partial charge in [-0.05, 0) is 12.1 Å². The Labute approximate surface area is 131 Å². The molecule has 2 aromatic rings. The zero-order valence-electron chi connectivity index (χ0n) is 12.6. The summed E-state index contributed by atoms with van der Waals surface area (Å²) >= 11 is 0. The number of likely N-dealkylation sites (N-methyl/N-ethyl adjacent to an activating group) is 1. The number of rotatable bonds is 3. The molecule has 0 spiro atoms. The van der Waals surface area contributed by atoms with Crippen molar-refractivity contribution in [1.29, 1.82) is 0 Å². The van der Waals surface area contributed by atoms with E-state index in [-0.39, 0.29) is 11.4 Å². The molecule has 120 valence electrons. The standard InChI is InChI=1S/C14H15N5O4/c1-16-5-7-17(8-6-16)14-12(19(22)23)9-11(18(20)21)10-3-2-4-15-13(10)14/h2-4,9H,5-8H2,1H3/p+1. The van der Waals surface area contributed by atoms with Crippen LogP contribution in [-0.2, 0) is 0 Å². The van der Waals surface area contributed by atoms with E-state index in [0.717, 1.165) is 19.2 Å². The zero-order chi connectivity index (χ0) is 16.6. The summed E-state index contributed by atoms with van der Waals surface area (Å²) in [6.07, 6.45) is 1.50. The Morgan fingerprint density at radius 1 is 1.17 bits per heavy atom. The van der Waals surface area contributed by atoms with Gasteiger partial charge in [0, 0.05) is 6.20 Å². The van der Waals surface area contributed by atoms with Crippen molar-refractivity contribution in [3.05, 3.63) is 44.6 Å². The summed E-state index contributed by atoms with van der Waals surface area (Å²) in [5.41, 5.74) is 0.141. The van der Waals surface area contributed by atoms with E-state index in [9.17, 15) is 20.2 Å². The minimum Gasteiger partial charge on any atom is -0.353 e. The lowest BCUT2D eigenvalue weighted by molar-refractivity contribution is -0.880. The normalized spacial score (nSPS) is 15.8. The molecule has 0 radical (unpaired) electrons. The predicted molar refractivity (Wildman–Crippen MR) is 83.9 cm³/mol. The highest BCUT2D eigenvalue weighted by Gasteiger charge is 2.31. The second-order valence-electron chi connectivity index (χ2n) is 5.62. The molecule has 0 bridgehead atoms. The smallest absolute Gasteiger partial charge is 0.301 e. The van der Waals surface area contributed by atoms with Gasteiger partial charge in [0.25, 0.3) is 5.69 Å². The molecular weight excluding hydrogens is 302 g/mol. The first-order valence-electron chi connectivity index (χ1n) is 7.26. The summed E-state index contributed by atoms with van der Waals surface area (Å²) in [6, 6.07) is 4.22. The molecular formula is C14H16N5O4+. The third-order valence-corrected chi connectivity index (χ3v) is 4.15. The van der Waals surface area contributed by atoms with Crippen LogP contribution in [0.2, 0.25) is 0 Å². The minimum absolute atomic E-state index is 0.262. The molecule has 1 fully saturated rings. The van der Waals surface area contributed by atoms with E-state index in [1.165, 1.54) is 11.1 Å². The van der Waals surface area contributed by atoms with Crippen molar-refractivity contribution in [2.24, 2.45) is 0 Å². The number of hydrogen-bond acceptors (Lipinski definition) is 6. The van der Waals surface area contributed by atoms with E-state index in [4.69, 9.17) is 0 Å². The molecule has 0 saturated carbocycles. The largest absolute Gasteiger partial charge is 0.353 e. The molecule has 3 rings (SSSR count). The molecule has 0 unspecified atom stereocenters. The molecule has 9 heteroatoms. The van der Waals surface area contributed by atoms with E-state index in [1.807, 2.05) is 4.90 Å². The van der Waals surface area contributed by atoms with Crippen molar-refractivity contribution in [2.75, 3.05) is 38.1 Å². The number of fused-ring (bicyclic) bond motifs is 1. The Balaban J connectivity index is 2.26. The summed E-state index contributed by atoms with van der Waals surface area (Å²) in [4.78, 5) is 29.0. The number of benzene rings is 1. The van der Waals surface area contributed by atoms with Gasteiger partial charge in [-0.15, -0.1) is 0 Å². The maximum Gasteiger partial charge on any atom is 0.301 e. The minimum atomic E-state index is -0.602. The molecule has 1 aliphatic rings. The topological polar surface area (TPSA) is 107 Å². The highest BCUT2D eigenvalue weighted by Crippen LogP contribution is 2.40. The van der Waals surface area contributed by atoms with E-state index >= 15 is 0 Å². The summed E-state index contributed by atoms with van der Waals surface area (Å²) in [5.74, 6) is 0. The molecule has 1 aromatic heterocycles. The van der Waals surface area contributed by atoms with Crippen molar-refractivity contribution in [3.63, 3.8) is 0 Å². The Morgan fingerprint density at radius 2 is 1.83 bits per heavy atom. The van der Waals surface area contributed by atoms with Crippen LogP contribution in [0, 0.1) is 20.2 Å². The molecule has 9 nitrogen and oxygen atoms in total. The molecule has 1 aliphatic heterocycles. The van der Waals surface area contributed by atoms with Gasteiger partial charge in [0.15, 0.2) is 0 Å². The highest BCUT2D eigenvalue weighted by atomic mass is 16.6. The van der Waals surface area contributed by atoms with Gasteiger partial charge in [-0.2, -0.15) is 0 Å². The van der Waals surface area contributed by atoms with Crippen LogP contribution in [0.4, 0.5) is 17.1 Å². The van der Waals surface area contributed by atoms with Gasteiger partial charge < -0.3 is 9.80 Å². The average molecular weight is 318 g/mol. The summed E-state index contributed by atoms with van der Waals surface area (Å²) < 4.78 is 0. The lowest BCUT2D eigenvalue weighted by atomic mass is 10.1. The molecule has 1 saturated heterocycles. The molecule has 2 heterocycles. The summed E-state index contributed by atoms with van der Waals surface area (Å²) in [7, 11) is 2.07. The van der Waals surface area contributed by atoms with Gasteiger partial charge in [-0.1, -0.05) is 0 Å². The molecule has 0 aliphatic carbocycles. The van der Waals surface area contributed by atoms with Crippen LogP contribution in [0.1, 0.15) is 0 Å². The van der Waals surface area contributed by atoms with Crippen molar-refractivity contribution >= 4 is 28.0 Å². The van der Waals surface area contributed by atoms with Gasteiger partial charge in [-0.3, -0.25) is 25.2 Å². The number of anilines is 1. The third-order valence-electron chi connectivity index (χ3n) is 4.15. The van der Waals surface area contributed by atoms with Crippen molar-refractivity contribution < 1.29 is 14.7 Å². The molecule has 1 N–H and O–H groups in total. The number of non-ortho nitro benzene ring substituents is 1. The maximum atomic E-state index is 11.5. The second-order valence-corrected chi connectivity index (χ2v) is 5.62. The first-order valence-corrected chi connectivity index (χ1v) is 7.26. The Morgan fingerprint density at radius 3 is 2.43 bits per heavy atom. The first-order chi connectivity index (χ1) is 11.0. The zero-order valence-corrected chi connectivity index (χ0v) is 12.6. The third kappa shape index (κ3) is 2.66. The number of nitrogens with zero attached hydrogens (tertiary/aromatic N) is 4. The van der Waals surface area contributed by atoms with Crippen molar-refractivity contribution in [3.8, 4) is 0 Å². The van der Waals surface area contributed by atoms with Crippen LogP contribution in [-0.4, -0.2) is 48.1 Å². The highest BCUT2D eigenvalue weighted by molar-refractivity contribution is 6.01. The van der Waals surface area contributed by atoms with E-state index in [2.05, 4.69) is 12.0 Å². The van der Waals surface area contributed by atoms with Crippen molar-refractivity contribution in [2.45, 2.75) is 0 Å². The van der Waals surface area contributed by atoms with E-state index < -0.39 is 9.85 Å². The van der Waals surface area contributed by atoms with Crippen molar-refractivity contribution in [1.82, 2.24) is 4.98 Å². The van der Waals surface area contributed by atoms with Crippen LogP contribution >= 0.6 is 0 Å². The van der Waals surface area contributed by atoms with Gasteiger partial charge in [0.1, 0.15) is 11.2 Å². The van der Waals surface area contributed by atoms with Crippen LogP contribution in [0.5, 0.6) is 0 Å². The van der Waals surface area contributed by atoms with E-state index in [1.54, 1.807) is 12.1 Å². The monoisotopic (exact) mass is 318 g/mol. The number of aromatic nitrogens is 1.